The molecule has 3 N–H and O–H groups in total. The number of hydrogen-bond donors (Lipinski definition) is 3. The molecule has 0 bridgehead atoms. The Morgan fingerprint density at radius 2 is 1.51 bits per heavy atom. The number of benzene rings is 2. The number of aliphatic hydroxyl groups excluding tert-OH is 1. The smallest absolute Gasteiger partial charge is 0.456 e. The predicted molar refractivity (Wildman–Crippen MR) is 237 cm³/mol. The van der Waals surface area contributed by atoms with Crippen molar-refractivity contribution in [3.63, 3.8) is 0 Å². The highest BCUT2D eigenvalue weighted by Crippen LogP contribution is 2.54. The van der Waals surface area contributed by atoms with Crippen LogP contribution in [0, 0.1) is 11.3 Å². The van der Waals surface area contributed by atoms with E-state index in [1.54, 1.807) is 60.7 Å². The number of nitrogens with zero attached hydrogens (tertiary/aromatic N) is 7. The molecule has 3 aromatic heterocycles. The number of nitriles is 1. The van der Waals surface area contributed by atoms with Crippen molar-refractivity contribution in [3.05, 3.63) is 107 Å². The molecular weight excluding hydrogens is 942 g/mol. The van der Waals surface area contributed by atoms with Crippen LogP contribution in [0.3, 0.4) is 0 Å². The molecule has 3 fully saturated rings. The Morgan fingerprint density at radius 3 is 2.16 bits per heavy atom. The first-order chi connectivity index (χ1) is 33.8. The van der Waals surface area contributed by atoms with Crippen LogP contribution in [0.25, 0.3) is 11.2 Å². The van der Waals surface area contributed by atoms with Gasteiger partial charge in [-0.05, 0) is 36.8 Å². The number of imidazole rings is 1. The largest absolute Gasteiger partial charge is 0.475 e. The molecule has 8 rings (SSSR count). The van der Waals surface area contributed by atoms with E-state index in [2.05, 4.69) is 30.6 Å². The summed E-state index contributed by atoms with van der Waals surface area (Å²) in [6.07, 6.45) is -7.73. The van der Waals surface area contributed by atoms with Gasteiger partial charge in [-0.2, -0.15) is 10.2 Å². The zero-order valence-electron chi connectivity index (χ0n) is 37.4. The molecule has 0 radical (unpaired) electrons. The van der Waals surface area contributed by atoms with Crippen molar-refractivity contribution in [2.24, 2.45) is 0 Å². The molecule has 0 saturated carbocycles. The number of anilines is 2. The Morgan fingerprint density at radius 1 is 0.843 bits per heavy atom. The number of amides is 2. The van der Waals surface area contributed by atoms with Crippen LogP contribution in [-0.2, 0) is 56.1 Å². The maximum atomic E-state index is 14.9. The summed E-state index contributed by atoms with van der Waals surface area (Å²) in [6.45, 7) is 0.534. The number of aromatic nitrogens is 6. The van der Waals surface area contributed by atoms with Crippen LogP contribution >= 0.6 is 7.82 Å². The number of carbonyl (C=O) groups is 4. The number of hydrogen-bond acceptors (Lipinski definition) is 21. The average molecular weight is 988 g/mol. The molecule has 26 heteroatoms. The van der Waals surface area contributed by atoms with Crippen LogP contribution in [0.4, 0.5) is 11.6 Å². The number of aliphatic hydroxyl groups is 1. The van der Waals surface area contributed by atoms with Gasteiger partial charge in [0.15, 0.2) is 47.9 Å². The molecule has 2 aromatic carbocycles. The maximum absolute atomic E-state index is 14.9. The summed E-state index contributed by atoms with van der Waals surface area (Å²) in [5.74, 6) is -2.67. The molecular formula is C44H46N9O16P. The fourth-order valence-corrected chi connectivity index (χ4v) is 9.26. The van der Waals surface area contributed by atoms with Crippen LogP contribution in [0.15, 0.2) is 90.4 Å². The average Bonchev–Trinajstić information content (AvgIpc) is 4.16. The normalized spacial score (nSPS) is 24.9. The number of phosphoric acid groups is 1. The zero-order chi connectivity index (χ0) is 49.4. The summed E-state index contributed by atoms with van der Waals surface area (Å²) in [5.41, 5.74) is -0.0300. The molecule has 70 heavy (non-hydrogen) atoms. The van der Waals surface area contributed by atoms with E-state index in [9.17, 15) is 38.9 Å². The van der Waals surface area contributed by atoms with E-state index in [0.717, 1.165) is 24.7 Å². The first kappa shape index (κ1) is 49.6. The van der Waals surface area contributed by atoms with Crippen LogP contribution in [0.1, 0.15) is 66.3 Å². The van der Waals surface area contributed by atoms with Crippen LogP contribution in [0.5, 0.6) is 0 Å². The van der Waals surface area contributed by atoms with Gasteiger partial charge in [-0.25, -0.2) is 24.3 Å². The molecule has 368 valence electrons. The highest BCUT2D eigenvalue weighted by molar-refractivity contribution is 7.48. The van der Waals surface area contributed by atoms with Crippen LogP contribution in [-0.4, -0.2) is 127 Å². The molecule has 5 aromatic rings. The van der Waals surface area contributed by atoms with Crippen LogP contribution in [0.2, 0.25) is 0 Å². The third-order valence-electron chi connectivity index (χ3n) is 10.9. The second-order valence-corrected chi connectivity index (χ2v) is 17.4. The summed E-state index contributed by atoms with van der Waals surface area (Å²) in [5, 5.41) is 25.3. The van der Waals surface area contributed by atoms with Gasteiger partial charge in [0.05, 0.1) is 38.6 Å². The molecule has 10 atom stereocenters. The zero-order valence-corrected chi connectivity index (χ0v) is 38.3. The molecule has 0 aliphatic carbocycles. The second-order valence-electron chi connectivity index (χ2n) is 15.7. The number of fused-ring (bicyclic) bond motifs is 1. The quantitative estimate of drug-likeness (QED) is 0.0607. The standard InChI is InChI=1S/C44H46N9O16P/c1-25(55)64-34-30(67-43(36(34)65-26(2)56)53-24-48-33-38(46-23-47-39(33)53)51-41(58)28-13-7-4-8-14-28)22-63-70(60,62-20-10-17-45)69-35-29(21-54)66-42(37(35)68-32-15-9-19-61-32)52-18-16-31(50-44(52)59)49-40(57)27-11-5-3-6-12-27/h3-8,11-14,16,18,23-24,29-30,32,34-37,42-43,54H,9-10,15,19-22H2,1-2H3,(H,46,47,51,58)(H,49,50,57,59)/t29-,30-,32?,34-,35-,36-,37-,42-,43-,70?/m1/s1. The second kappa shape index (κ2) is 22.3. The van der Waals surface area contributed by atoms with Gasteiger partial charge < -0.3 is 44.2 Å². The number of carbonyl (C=O) groups excluding carboxylic acids is 4. The van der Waals surface area contributed by atoms with Crippen molar-refractivity contribution in [1.29, 1.82) is 5.26 Å². The number of nitrogens with one attached hydrogen (secondary N) is 2. The van der Waals surface area contributed by atoms with Gasteiger partial charge in [-0.15, -0.1) is 0 Å². The van der Waals surface area contributed by atoms with Gasteiger partial charge in [-0.1, -0.05) is 36.4 Å². The van der Waals surface area contributed by atoms with E-state index in [1.807, 2.05) is 6.07 Å². The lowest BCUT2D eigenvalue weighted by Crippen LogP contribution is -2.42. The Bertz CT molecular complexity index is 2820. The molecule has 3 saturated heterocycles. The first-order valence-electron chi connectivity index (χ1n) is 21.8. The summed E-state index contributed by atoms with van der Waals surface area (Å²) in [6, 6.07) is 19.8. The van der Waals surface area contributed by atoms with Crippen molar-refractivity contribution >= 4 is 54.4 Å². The van der Waals surface area contributed by atoms with E-state index in [4.69, 9.17) is 42.0 Å². The third kappa shape index (κ3) is 11.4. The summed E-state index contributed by atoms with van der Waals surface area (Å²) in [7, 11) is -4.96. The van der Waals surface area contributed by atoms with Gasteiger partial charge in [0.25, 0.3) is 11.8 Å². The summed E-state index contributed by atoms with van der Waals surface area (Å²) < 4.78 is 70.8. The van der Waals surface area contributed by atoms with Gasteiger partial charge in [-0.3, -0.25) is 41.9 Å². The minimum atomic E-state index is -4.96. The summed E-state index contributed by atoms with van der Waals surface area (Å²) in [4.78, 5) is 81.6. The van der Waals surface area contributed by atoms with Crippen molar-refractivity contribution in [2.75, 3.05) is 37.1 Å². The van der Waals surface area contributed by atoms with Crippen LogP contribution < -0.4 is 16.3 Å². The van der Waals surface area contributed by atoms with Crippen molar-refractivity contribution < 1.29 is 70.8 Å². The number of esters is 2. The lowest BCUT2D eigenvalue weighted by atomic mass is 10.1. The number of rotatable bonds is 19. The third-order valence-corrected chi connectivity index (χ3v) is 12.4. The maximum Gasteiger partial charge on any atom is 0.475 e. The number of ether oxygens (including phenoxy) is 6. The molecule has 6 heterocycles. The molecule has 25 nitrogen and oxygen atoms in total. The lowest BCUT2D eigenvalue weighted by Gasteiger charge is -2.30. The van der Waals surface area contributed by atoms with E-state index in [1.165, 1.54) is 23.2 Å². The monoisotopic (exact) mass is 987 g/mol. The van der Waals surface area contributed by atoms with Gasteiger partial charge >= 0.3 is 25.5 Å². The van der Waals surface area contributed by atoms with Gasteiger partial charge in [0.1, 0.15) is 36.6 Å². The topological polar surface area (TPSA) is 315 Å². The van der Waals surface area contributed by atoms with Crippen molar-refractivity contribution in [1.82, 2.24) is 29.1 Å². The van der Waals surface area contributed by atoms with E-state index >= 15 is 0 Å². The van der Waals surface area contributed by atoms with Gasteiger partial charge in [0, 0.05) is 44.2 Å². The molecule has 2 unspecified atom stereocenters. The Balaban J connectivity index is 1.07. The fraction of sp³-hybridized carbons (Fsp3) is 0.409. The summed E-state index contributed by atoms with van der Waals surface area (Å²) >= 11 is 0. The molecule has 3 aliphatic heterocycles. The van der Waals surface area contributed by atoms with Gasteiger partial charge in [0.2, 0.25) is 0 Å². The highest BCUT2D eigenvalue weighted by Gasteiger charge is 2.54. The molecule has 2 amide bonds. The minimum absolute atomic E-state index is 0.0373. The van der Waals surface area contributed by atoms with Crippen molar-refractivity contribution in [2.45, 2.75) is 88.5 Å². The molecule has 0 spiro atoms. The lowest BCUT2D eigenvalue weighted by molar-refractivity contribution is -0.182. The predicted octanol–water partition coefficient (Wildman–Crippen LogP) is 3.20. The van der Waals surface area contributed by atoms with Crippen molar-refractivity contribution in [3.8, 4) is 6.07 Å². The molecule has 3 aliphatic rings. The minimum Gasteiger partial charge on any atom is -0.456 e. The first-order valence-corrected chi connectivity index (χ1v) is 23.3. The SMILES string of the molecule is CC(=O)O[C@@H]1[C@H](OC(C)=O)[C@@H](COP(=O)(OCCC#N)O[C@H]2[C@@H](OC3CCCO3)[C@H](n3ccc(NC(=O)c4ccccc4)nc3=O)O[C@@H]2CO)O[C@H]1n1cnc2c(NC(=O)c3ccccc3)ncnc21. The highest BCUT2D eigenvalue weighted by atomic mass is 31.2. The Kier molecular flexibility index (Phi) is 15.8. The van der Waals surface area contributed by atoms with E-state index in [0.29, 0.717) is 30.6 Å². The Labute approximate surface area is 397 Å². The number of phosphoric ester groups is 1. The van der Waals surface area contributed by atoms with E-state index < -0.39 is 112 Å². The Hall–Kier alpha value is -6.85. The van der Waals surface area contributed by atoms with E-state index in [-0.39, 0.29) is 29.2 Å². The fourth-order valence-electron chi connectivity index (χ4n) is 7.87.